The van der Waals surface area contributed by atoms with Gasteiger partial charge in [-0.3, -0.25) is 0 Å². The summed E-state index contributed by atoms with van der Waals surface area (Å²) in [6.07, 6.45) is -0.468. The highest BCUT2D eigenvalue weighted by atomic mass is 32.2. The van der Waals surface area contributed by atoms with E-state index in [-0.39, 0.29) is 11.9 Å². The normalized spacial score (nSPS) is 15.0. The predicted octanol–water partition coefficient (Wildman–Crippen LogP) is 2.18. The van der Waals surface area contributed by atoms with E-state index < -0.39 is 11.9 Å². The molecule has 0 fully saturated rings. The first-order valence-electron chi connectivity index (χ1n) is 4.79. The van der Waals surface area contributed by atoms with Crippen molar-refractivity contribution in [3.05, 3.63) is 29.6 Å². The van der Waals surface area contributed by atoms with Gasteiger partial charge in [0.25, 0.3) is 0 Å². The molecule has 15 heavy (non-hydrogen) atoms. The highest BCUT2D eigenvalue weighted by Gasteiger charge is 2.14. The summed E-state index contributed by atoms with van der Waals surface area (Å²) in [7, 11) is 0. The molecule has 1 aromatic rings. The summed E-state index contributed by atoms with van der Waals surface area (Å²) in [5.41, 5.74) is 0.301. The Morgan fingerprint density at radius 2 is 2.07 bits per heavy atom. The van der Waals surface area contributed by atoms with E-state index in [0.29, 0.717) is 10.5 Å². The zero-order chi connectivity index (χ0) is 11.4. The van der Waals surface area contributed by atoms with Crippen molar-refractivity contribution in [2.24, 2.45) is 0 Å². The van der Waals surface area contributed by atoms with Crippen LogP contribution in [0.25, 0.3) is 0 Å². The Morgan fingerprint density at radius 1 is 1.40 bits per heavy atom. The summed E-state index contributed by atoms with van der Waals surface area (Å²) in [5.74, 6) is -0.403. The quantitative estimate of drug-likeness (QED) is 0.779. The Morgan fingerprint density at radius 3 is 2.60 bits per heavy atom. The van der Waals surface area contributed by atoms with Crippen LogP contribution in [0.15, 0.2) is 23.1 Å². The molecular weight excluding hydrogens is 215 g/mol. The van der Waals surface area contributed by atoms with Crippen LogP contribution in [-0.2, 0) is 6.61 Å². The third-order valence-corrected chi connectivity index (χ3v) is 3.63. The maximum Gasteiger partial charge on any atom is 0.129 e. The van der Waals surface area contributed by atoms with Crippen molar-refractivity contribution < 1.29 is 14.6 Å². The third kappa shape index (κ3) is 3.19. The average Bonchev–Trinajstić information content (AvgIpc) is 2.18. The van der Waals surface area contributed by atoms with Crippen LogP contribution in [-0.4, -0.2) is 21.6 Å². The van der Waals surface area contributed by atoms with Crippen LogP contribution in [0.5, 0.6) is 0 Å². The van der Waals surface area contributed by atoms with Crippen molar-refractivity contribution in [2.75, 3.05) is 0 Å². The first kappa shape index (κ1) is 12.5. The van der Waals surface area contributed by atoms with Gasteiger partial charge in [-0.15, -0.1) is 11.8 Å². The SMILES string of the molecule is CC(O)C(C)Sc1cccc(F)c1CO. The number of hydrogen-bond donors (Lipinski definition) is 2. The van der Waals surface area contributed by atoms with Gasteiger partial charge in [0, 0.05) is 15.7 Å². The van der Waals surface area contributed by atoms with Gasteiger partial charge < -0.3 is 10.2 Å². The number of aliphatic hydroxyl groups is 2. The zero-order valence-electron chi connectivity index (χ0n) is 8.77. The average molecular weight is 230 g/mol. The Hall–Kier alpha value is -0.580. The second kappa shape index (κ2) is 5.49. The fourth-order valence-electron chi connectivity index (χ4n) is 1.10. The number of benzene rings is 1. The van der Waals surface area contributed by atoms with Crippen molar-refractivity contribution in [3.63, 3.8) is 0 Å². The first-order chi connectivity index (χ1) is 7.06. The Labute approximate surface area is 93.1 Å². The van der Waals surface area contributed by atoms with Crippen LogP contribution in [0.4, 0.5) is 4.39 Å². The lowest BCUT2D eigenvalue weighted by Gasteiger charge is -2.16. The standard InChI is InChI=1S/C11H15FO2S/c1-7(14)8(2)15-11-5-3-4-10(12)9(11)6-13/h3-5,7-8,13-14H,6H2,1-2H3. The maximum atomic E-state index is 13.3. The molecule has 0 bridgehead atoms. The van der Waals surface area contributed by atoms with E-state index in [1.807, 2.05) is 6.92 Å². The lowest BCUT2D eigenvalue weighted by Crippen LogP contribution is -2.15. The molecule has 1 aromatic carbocycles. The fraction of sp³-hybridized carbons (Fsp3) is 0.455. The smallest absolute Gasteiger partial charge is 0.129 e. The summed E-state index contributed by atoms with van der Waals surface area (Å²) < 4.78 is 13.3. The van der Waals surface area contributed by atoms with Crippen LogP contribution in [0.2, 0.25) is 0 Å². The highest BCUT2D eigenvalue weighted by molar-refractivity contribution is 8.00. The zero-order valence-corrected chi connectivity index (χ0v) is 9.59. The summed E-state index contributed by atoms with van der Waals surface area (Å²) in [5, 5.41) is 18.3. The van der Waals surface area contributed by atoms with Crippen molar-refractivity contribution in [1.29, 1.82) is 0 Å². The molecule has 2 N–H and O–H groups in total. The maximum absolute atomic E-state index is 13.3. The van der Waals surface area contributed by atoms with Gasteiger partial charge in [-0.25, -0.2) is 4.39 Å². The van der Waals surface area contributed by atoms with Gasteiger partial charge >= 0.3 is 0 Å². The van der Waals surface area contributed by atoms with E-state index in [0.717, 1.165) is 0 Å². The lowest BCUT2D eigenvalue weighted by atomic mass is 10.2. The van der Waals surface area contributed by atoms with Crippen LogP contribution >= 0.6 is 11.8 Å². The van der Waals surface area contributed by atoms with Crippen LogP contribution in [0.1, 0.15) is 19.4 Å². The molecule has 2 nitrogen and oxygen atoms in total. The molecule has 0 aliphatic heterocycles. The van der Waals surface area contributed by atoms with Gasteiger partial charge in [0.2, 0.25) is 0 Å². The Kier molecular flexibility index (Phi) is 4.57. The lowest BCUT2D eigenvalue weighted by molar-refractivity contribution is 0.196. The molecule has 0 saturated carbocycles. The van der Waals surface area contributed by atoms with Gasteiger partial charge in [-0.1, -0.05) is 13.0 Å². The van der Waals surface area contributed by atoms with Gasteiger partial charge in [-0.2, -0.15) is 0 Å². The van der Waals surface area contributed by atoms with Gasteiger partial charge in [-0.05, 0) is 19.1 Å². The molecule has 2 atom stereocenters. The molecule has 0 aliphatic carbocycles. The van der Waals surface area contributed by atoms with Crippen molar-refractivity contribution in [2.45, 2.75) is 36.7 Å². The van der Waals surface area contributed by atoms with E-state index in [1.54, 1.807) is 19.1 Å². The number of hydrogen-bond acceptors (Lipinski definition) is 3. The van der Waals surface area contributed by atoms with Crippen molar-refractivity contribution >= 4 is 11.8 Å². The number of rotatable bonds is 4. The van der Waals surface area contributed by atoms with E-state index in [1.165, 1.54) is 17.8 Å². The number of thioether (sulfide) groups is 1. The molecule has 4 heteroatoms. The number of halogens is 1. The monoisotopic (exact) mass is 230 g/mol. The molecular formula is C11H15FO2S. The molecule has 0 aliphatic rings. The minimum atomic E-state index is -0.468. The summed E-state index contributed by atoms with van der Waals surface area (Å²) in [6.45, 7) is 3.23. The van der Waals surface area contributed by atoms with Crippen LogP contribution < -0.4 is 0 Å². The van der Waals surface area contributed by atoms with Crippen LogP contribution in [0, 0.1) is 5.82 Å². The summed E-state index contributed by atoms with van der Waals surface area (Å²) in [6, 6.07) is 4.67. The molecule has 0 aromatic heterocycles. The second-order valence-corrected chi connectivity index (χ2v) is 4.86. The van der Waals surface area contributed by atoms with Gasteiger partial charge in [0.15, 0.2) is 0 Å². The van der Waals surface area contributed by atoms with Crippen molar-refractivity contribution in [1.82, 2.24) is 0 Å². The Bertz CT molecular complexity index is 328. The minimum absolute atomic E-state index is 0.0305. The van der Waals surface area contributed by atoms with E-state index >= 15 is 0 Å². The molecule has 1 rings (SSSR count). The van der Waals surface area contributed by atoms with Gasteiger partial charge in [0.1, 0.15) is 5.82 Å². The fourth-order valence-corrected chi connectivity index (χ4v) is 2.16. The number of aliphatic hydroxyl groups excluding tert-OH is 2. The molecule has 84 valence electrons. The van der Waals surface area contributed by atoms with Crippen LogP contribution in [0.3, 0.4) is 0 Å². The highest BCUT2D eigenvalue weighted by Crippen LogP contribution is 2.29. The summed E-state index contributed by atoms with van der Waals surface area (Å²) >= 11 is 1.37. The summed E-state index contributed by atoms with van der Waals surface area (Å²) in [4.78, 5) is 0.686. The minimum Gasteiger partial charge on any atom is -0.392 e. The molecule has 2 unspecified atom stereocenters. The first-order valence-corrected chi connectivity index (χ1v) is 5.67. The van der Waals surface area contributed by atoms with Gasteiger partial charge in [0.05, 0.1) is 12.7 Å². The third-order valence-electron chi connectivity index (χ3n) is 2.23. The van der Waals surface area contributed by atoms with E-state index in [9.17, 15) is 9.50 Å². The molecule has 0 saturated heterocycles. The second-order valence-electron chi connectivity index (χ2n) is 3.44. The predicted molar refractivity (Wildman–Crippen MR) is 59.3 cm³/mol. The van der Waals surface area contributed by atoms with Crippen molar-refractivity contribution in [3.8, 4) is 0 Å². The Balaban J connectivity index is 2.89. The topological polar surface area (TPSA) is 40.5 Å². The molecule has 0 radical (unpaired) electrons. The molecule has 0 heterocycles. The van der Waals surface area contributed by atoms with E-state index in [2.05, 4.69) is 0 Å². The molecule has 0 spiro atoms. The molecule has 0 amide bonds. The van der Waals surface area contributed by atoms with E-state index in [4.69, 9.17) is 5.11 Å². The largest absolute Gasteiger partial charge is 0.392 e.